The third-order valence-electron chi connectivity index (χ3n) is 6.50. The molecule has 0 unspecified atom stereocenters. The molecule has 9 heteroatoms. The normalized spacial score (nSPS) is 10.8. The molecular weight excluding hydrogens is 482 g/mol. The fourth-order valence-corrected chi connectivity index (χ4v) is 4.41. The van der Waals surface area contributed by atoms with Crippen molar-refractivity contribution >= 4 is 29.0 Å². The molecule has 2 rings (SSSR count). The molecule has 0 bridgehead atoms. The Labute approximate surface area is 227 Å². The zero-order valence-electron chi connectivity index (χ0n) is 23.2. The number of anilines is 3. The van der Waals surface area contributed by atoms with Gasteiger partial charge in [-0.3, -0.25) is 10.1 Å². The lowest BCUT2D eigenvalue weighted by molar-refractivity contribution is -0.383. The van der Waals surface area contributed by atoms with Crippen molar-refractivity contribution in [2.45, 2.75) is 104 Å². The molecule has 0 fully saturated rings. The lowest BCUT2D eigenvalue weighted by Gasteiger charge is -2.12. The van der Waals surface area contributed by atoms with Crippen LogP contribution >= 0.6 is 0 Å². The van der Waals surface area contributed by atoms with Crippen LogP contribution in [0, 0.1) is 10.1 Å². The molecule has 0 spiro atoms. The Kier molecular flexibility index (Phi) is 15.4. The van der Waals surface area contributed by atoms with E-state index in [1.165, 1.54) is 83.4 Å². The summed E-state index contributed by atoms with van der Waals surface area (Å²) in [6.07, 6.45) is 19.2. The topological polar surface area (TPSA) is 119 Å². The van der Waals surface area contributed by atoms with Gasteiger partial charge in [-0.25, -0.2) is 14.8 Å². The minimum absolute atomic E-state index is 0.0187. The minimum Gasteiger partial charge on any atom is -0.462 e. The molecule has 1 aromatic heterocycles. The standard InChI is InChI=1S/C29H45N5O4/c1-3-5-6-7-8-9-10-11-12-13-14-15-16-19-22-30-27-26(34(36)37)28(32-23-31-27)33-25-21-18-17-20-24(25)29(35)38-4-2/h17-18,20-21,23H,3-16,19,22H2,1-2H3,(H2,30,31,32,33). The van der Waals surface area contributed by atoms with Gasteiger partial charge in [0.05, 0.1) is 22.8 Å². The summed E-state index contributed by atoms with van der Waals surface area (Å²) in [5, 5.41) is 17.9. The molecule has 0 saturated carbocycles. The summed E-state index contributed by atoms with van der Waals surface area (Å²) < 4.78 is 5.09. The number of esters is 1. The zero-order valence-corrected chi connectivity index (χ0v) is 23.2. The van der Waals surface area contributed by atoms with Crippen LogP contribution in [0.2, 0.25) is 0 Å². The molecule has 0 aliphatic heterocycles. The van der Waals surface area contributed by atoms with E-state index < -0.39 is 10.9 Å². The molecule has 0 aliphatic rings. The fraction of sp³-hybridized carbons (Fsp3) is 0.621. The predicted molar refractivity (Wildman–Crippen MR) is 153 cm³/mol. The van der Waals surface area contributed by atoms with Gasteiger partial charge in [-0.15, -0.1) is 0 Å². The van der Waals surface area contributed by atoms with Crippen LogP contribution in [0.5, 0.6) is 0 Å². The highest BCUT2D eigenvalue weighted by Gasteiger charge is 2.24. The number of nitro groups is 1. The first-order valence-electron chi connectivity index (χ1n) is 14.3. The van der Waals surface area contributed by atoms with Crippen LogP contribution in [0.25, 0.3) is 0 Å². The van der Waals surface area contributed by atoms with Gasteiger partial charge in [0.25, 0.3) is 0 Å². The Morgan fingerprint density at radius 3 is 1.97 bits per heavy atom. The van der Waals surface area contributed by atoms with Crippen LogP contribution in [0.4, 0.5) is 23.0 Å². The van der Waals surface area contributed by atoms with E-state index in [0.717, 1.165) is 12.8 Å². The molecule has 0 saturated heterocycles. The summed E-state index contributed by atoms with van der Waals surface area (Å²) in [6.45, 7) is 4.80. The van der Waals surface area contributed by atoms with Gasteiger partial charge in [-0.1, -0.05) is 103 Å². The van der Waals surface area contributed by atoms with Crippen LogP contribution in [-0.2, 0) is 4.74 Å². The van der Waals surface area contributed by atoms with E-state index in [2.05, 4.69) is 27.5 Å². The van der Waals surface area contributed by atoms with Gasteiger partial charge in [-0.05, 0) is 25.5 Å². The second kappa shape index (κ2) is 18.9. The lowest BCUT2D eigenvalue weighted by atomic mass is 10.0. The number of carbonyl (C=O) groups is 1. The molecule has 0 atom stereocenters. The Balaban J connectivity index is 1.74. The number of nitrogens with zero attached hydrogens (tertiary/aromatic N) is 3. The average Bonchev–Trinajstić information content (AvgIpc) is 2.91. The Morgan fingerprint density at radius 1 is 0.842 bits per heavy atom. The molecule has 2 aromatic rings. The van der Waals surface area contributed by atoms with E-state index in [4.69, 9.17) is 4.74 Å². The molecule has 0 amide bonds. The maximum absolute atomic E-state index is 12.3. The van der Waals surface area contributed by atoms with Crippen molar-refractivity contribution in [1.82, 2.24) is 9.97 Å². The van der Waals surface area contributed by atoms with Crippen LogP contribution in [0.1, 0.15) is 114 Å². The van der Waals surface area contributed by atoms with Gasteiger partial charge in [0.15, 0.2) is 0 Å². The number of nitrogens with one attached hydrogen (secondary N) is 2. The average molecular weight is 528 g/mol. The molecule has 1 aromatic carbocycles. The van der Waals surface area contributed by atoms with E-state index in [1.807, 2.05) is 0 Å². The van der Waals surface area contributed by atoms with Crippen LogP contribution in [-0.4, -0.2) is 34.0 Å². The molecule has 0 radical (unpaired) electrons. The van der Waals surface area contributed by atoms with Crippen LogP contribution in [0.3, 0.4) is 0 Å². The van der Waals surface area contributed by atoms with Crippen molar-refractivity contribution in [1.29, 1.82) is 0 Å². The monoisotopic (exact) mass is 527 g/mol. The van der Waals surface area contributed by atoms with Gasteiger partial charge in [0, 0.05) is 6.54 Å². The molecule has 2 N–H and O–H groups in total. The highest BCUT2D eigenvalue weighted by atomic mass is 16.6. The lowest BCUT2D eigenvalue weighted by Crippen LogP contribution is -2.11. The first-order valence-corrected chi connectivity index (χ1v) is 14.3. The molecular formula is C29H45N5O4. The van der Waals surface area contributed by atoms with Crippen LogP contribution in [0.15, 0.2) is 30.6 Å². The van der Waals surface area contributed by atoms with Crippen LogP contribution < -0.4 is 10.6 Å². The van der Waals surface area contributed by atoms with Crippen molar-refractivity contribution in [3.63, 3.8) is 0 Å². The summed E-state index contributed by atoms with van der Waals surface area (Å²) in [5.74, 6) is -0.329. The molecule has 0 aliphatic carbocycles. The van der Waals surface area contributed by atoms with Crippen molar-refractivity contribution < 1.29 is 14.5 Å². The zero-order chi connectivity index (χ0) is 27.4. The van der Waals surface area contributed by atoms with Gasteiger partial charge >= 0.3 is 11.7 Å². The summed E-state index contributed by atoms with van der Waals surface area (Å²) in [5.41, 5.74) is 0.404. The van der Waals surface area contributed by atoms with E-state index >= 15 is 0 Å². The fourth-order valence-electron chi connectivity index (χ4n) is 4.41. The van der Waals surface area contributed by atoms with E-state index in [0.29, 0.717) is 12.2 Å². The predicted octanol–water partition coefficient (Wildman–Crippen LogP) is 8.20. The summed E-state index contributed by atoms with van der Waals surface area (Å²) in [7, 11) is 0. The first-order chi connectivity index (χ1) is 18.6. The summed E-state index contributed by atoms with van der Waals surface area (Å²) in [6, 6.07) is 6.68. The number of para-hydroxylation sites is 1. The van der Waals surface area contributed by atoms with Gasteiger partial charge < -0.3 is 15.4 Å². The number of rotatable bonds is 21. The van der Waals surface area contributed by atoms with Gasteiger partial charge in [0.2, 0.25) is 11.6 Å². The van der Waals surface area contributed by atoms with E-state index in [1.54, 1.807) is 31.2 Å². The summed E-state index contributed by atoms with van der Waals surface area (Å²) >= 11 is 0. The highest BCUT2D eigenvalue weighted by molar-refractivity contribution is 5.96. The number of hydrogen-bond donors (Lipinski definition) is 2. The highest BCUT2D eigenvalue weighted by Crippen LogP contribution is 2.32. The van der Waals surface area contributed by atoms with Gasteiger partial charge in [-0.2, -0.15) is 0 Å². The largest absolute Gasteiger partial charge is 0.462 e. The molecule has 1 heterocycles. The number of unbranched alkanes of at least 4 members (excludes halogenated alkanes) is 13. The van der Waals surface area contributed by atoms with Gasteiger partial charge in [0.1, 0.15) is 6.33 Å². The third-order valence-corrected chi connectivity index (χ3v) is 6.50. The maximum atomic E-state index is 12.3. The quantitative estimate of drug-likeness (QED) is 0.0721. The Hall–Kier alpha value is -3.23. The Bertz CT molecular complexity index is 970. The molecule has 210 valence electrons. The maximum Gasteiger partial charge on any atom is 0.353 e. The van der Waals surface area contributed by atoms with E-state index in [-0.39, 0.29) is 29.5 Å². The number of benzene rings is 1. The van der Waals surface area contributed by atoms with Crippen molar-refractivity contribution in [2.75, 3.05) is 23.8 Å². The second-order valence-corrected chi connectivity index (χ2v) is 9.59. The number of aromatic nitrogens is 2. The Morgan fingerprint density at radius 2 is 1.39 bits per heavy atom. The smallest absolute Gasteiger partial charge is 0.353 e. The first kappa shape index (κ1) is 31.0. The molecule has 38 heavy (non-hydrogen) atoms. The number of ether oxygens (including phenoxy) is 1. The van der Waals surface area contributed by atoms with E-state index in [9.17, 15) is 14.9 Å². The number of hydrogen-bond acceptors (Lipinski definition) is 8. The summed E-state index contributed by atoms with van der Waals surface area (Å²) in [4.78, 5) is 31.8. The minimum atomic E-state index is -0.511. The second-order valence-electron chi connectivity index (χ2n) is 9.59. The van der Waals surface area contributed by atoms with Crippen molar-refractivity contribution in [2.24, 2.45) is 0 Å². The SMILES string of the molecule is CCCCCCCCCCCCCCCCNc1ncnc(Nc2ccccc2C(=O)OCC)c1[N+](=O)[O-]. The molecule has 9 nitrogen and oxygen atoms in total. The van der Waals surface area contributed by atoms with Crippen molar-refractivity contribution in [3.8, 4) is 0 Å². The van der Waals surface area contributed by atoms with Crippen molar-refractivity contribution in [3.05, 3.63) is 46.3 Å². The number of carbonyl (C=O) groups excluding carboxylic acids is 1. The third kappa shape index (κ3) is 11.4.